The summed E-state index contributed by atoms with van der Waals surface area (Å²) in [5, 5.41) is 0.842. The van der Waals surface area contributed by atoms with Gasteiger partial charge in [0.1, 0.15) is 5.82 Å². The van der Waals surface area contributed by atoms with Crippen LogP contribution in [0, 0.1) is 12.7 Å². The highest BCUT2D eigenvalue weighted by atomic mass is 19.1. The molecular weight excluding hydrogens is 291 g/mol. The summed E-state index contributed by atoms with van der Waals surface area (Å²) in [7, 11) is 1.75. The highest BCUT2D eigenvalue weighted by Crippen LogP contribution is 2.20. The fourth-order valence-electron chi connectivity index (χ4n) is 2.63. The highest BCUT2D eigenvalue weighted by Gasteiger charge is 2.16. The normalized spacial score (nSPS) is 10.7. The van der Waals surface area contributed by atoms with Gasteiger partial charge in [0.15, 0.2) is 0 Å². The van der Waals surface area contributed by atoms with Gasteiger partial charge in [-0.25, -0.2) is 4.39 Å². The van der Waals surface area contributed by atoms with Crippen molar-refractivity contribution in [3.8, 4) is 0 Å². The van der Waals surface area contributed by atoms with E-state index in [9.17, 15) is 9.18 Å². The van der Waals surface area contributed by atoms with Crippen LogP contribution >= 0.6 is 0 Å². The molecule has 0 atom stereocenters. The van der Waals surface area contributed by atoms with E-state index in [1.54, 1.807) is 24.1 Å². The Balaban J connectivity index is 1.92. The lowest BCUT2D eigenvalue weighted by Crippen LogP contribution is -2.26. The van der Waals surface area contributed by atoms with E-state index in [-0.39, 0.29) is 11.7 Å². The average Bonchev–Trinajstić information content (AvgIpc) is 2.55. The van der Waals surface area contributed by atoms with Crippen molar-refractivity contribution in [3.63, 3.8) is 0 Å². The van der Waals surface area contributed by atoms with Gasteiger partial charge in [-0.1, -0.05) is 30.3 Å². The zero-order valence-corrected chi connectivity index (χ0v) is 13.1. The van der Waals surface area contributed by atoms with Crippen LogP contribution < -0.4 is 0 Å². The summed E-state index contributed by atoms with van der Waals surface area (Å²) in [5.74, 6) is -0.352. The molecule has 116 valence electrons. The number of carbonyl (C=O) groups is 1. The molecule has 3 rings (SSSR count). The Labute approximate surface area is 134 Å². The van der Waals surface area contributed by atoms with Gasteiger partial charge in [-0.3, -0.25) is 9.78 Å². The van der Waals surface area contributed by atoms with Gasteiger partial charge in [0.25, 0.3) is 5.91 Å². The molecule has 0 fully saturated rings. The molecule has 0 saturated heterocycles. The molecule has 0 aliphatic rings. The molecule has 3 aromatic rings. The number of pyridine rings is 1. The second kappa shape index (κ2) is 6.16. The summed E-state index contributed by atoms with van der Waals surface area (Å²) in [6.45, 7) is 2.30. The topological polar surface area (TPSA) is 33.2 Å². The van der Waals surface area contributed by atoms with Crippen LogP contribution in [0.3, 0.4) is 0 Å². The van der Waals surface area contributed by atoms with Crippen molar-refractivity contribution in [2.75, 3.05) is 7.05 Å². The number of carbonyl (C=O) groups excluding carboxylic acids is 1. The summed E-state index contributed by atoms with van der Waals surface area (Å²) in [6, 6.07) is 15.6. The minimum Gasteiger partial charge on any atom is -0.337 e. The first-order valence-corrected chi connectivity index (χ1v) is 7.41. The summed E-state index contributed by atoms with van der Waals surface area (Å²) in [4.78, 5) is 18.9. The van der Waals surface area contributed by atoms with Crippen molar-refractivity contribution < 1.29 is 9.18 Å². The first kappa shape index (κ1) is 15.2. The Morgan fingerprint density at radius 3 is 2.57 bits per heavy atom. The monoisotopic (exact) mass is 308 g/mol. The van der Waals surface area contributed by atoms with Gasteiger partial charge >= 0.3 is 0 Å². The maximum atomic E-state index is 13.0. The van der Waals surface area contributed by atoms with Crippen LogP contribution in [0.15, 0.2) is 54.6 Å². The average molecular weight is 308 g/mol. The van der Waals surface area contributed by atoms with E-state index in [0.717, 1.165) is 22.2 Å². The number of para-hydroxylation sites is 1. The smallest absolute Gasteiger partial charge is 0.254 e. The van der Waals surface area contributed by atoms with Crippen molar-refractivity contribution in [1.82, 2.24) is 9.88 Å². The molecule has 2 aromatic carbocycles. The Morgan fingerprint density at radius 1 is 1.13 bits per heavy atom. The molecule has 0 spiro atoms. The fourth-order valence-corrected chi connectivity index (χ4v) is 2.63. The third-order valence-electron chi connectivity index (χ3n) is 3.75. The van der Waals surface area contributed by atoms with Gasteiger partial charge in [0, 0.05) is 24.7 Å². The van der Waals surface area contributed by atoms with Crippen LogP contribution in [0.5, 0.6) is 0 Å². The predicted molar refractivity (Wildman–Crippen MR) is 88.7 cm³/mol. The lowest BCUT2D eigenvalue weighted by atomic mass is 10.1. The zero-order chi connectivity index (χ0) is 16.4. The first-order valence-electron chi connectivity index (χ1n) is 7.41. The molecule has 1 aromatic heterocycles. The van der Waals surface area contributed by atoms with E-state index in [1.165, 1.54) is 12.1 Å². The van der Waals surface area contributed by atoms with Gasteiger partial charge in [0.2, 0.25) is 0 Å². The molecule has 0 bridgehead atoms. The van der Waals surface area contributed by atoms with Crippen LogP contribution in [0.4, 0.5) is 4.39 Å². The zero-order valence-electron chi connectivity index (χ0n) is 13.1. The largest absolute Gasteiger partial charge is 0.337 e. The predicted octanol–water partition coefficient (Wildman–Crippen LogP) is 3.95. The fraction of sp³-hybridized carbons (Fsp3) is 0.158. The van der Waals surface area contributed by atoms with Crippen LogP contribution in [-0.2, 0) is 6.54 Å². The van der Waals surface area contributed by atoms with Crippen molar-refractivity contribution in [3.05, 3.63) is 77.2 Å². The molecule has 4 heteroatoms. The second-order valence-electron chi connectivity index (χ2n) is 5.62. The number of aromatic nitrogens is 1. The molecule has 1 heterocycles. The SMILES string of the molecule is Cc1cc(C(=O)N(C)Cc2ccc(F)cc2)c2ccccc2n1. The van der Waals surface area contributed by atoms with Crippen molar-refractivity contribution in [2.24, 2.45) is 0 Å². The van der Waals surface area contributed by atoms with E-state index in [4.69, 9.17) is 0 Å². The number of rotatable bonds is 3. The molecule has 0 unspecified atom stereocenters. The van der Waals surface area contributed by atoms with E-state index in [1.807, 2.05) is 37.3 Å². The van der Waals surface area contributed by atoms with Gasteiger partial charge in [-0.2, -0.15) is 0 Å². The van der Waals surface area contributed by atoms with E-state index >= 15 is 0 Å². The Bertz CT molecular complexity index is 859. The minimum atomic E-state index is -0.279. The Kier molecular flexibility index (Phi) is 4.06. The van der Waals surface area contributed by atoms with Gasteiger partial charge in [0.05, 0.1) is 11.1 Å². The van der Waals surface area contributed by atoms with Gasteiger partial charge in [-0.05, 0) is 36.8 Å². The number of halogens is 1. The molecule has 1 amide bonds. The maximum Gasteiger partial charge on any atom is 0.254 e. The van der Waals surface area contributed by atoms with Crippen LogP contribution in [-0.4, -0.2) is 22.8 Å². The molecule has 0 radical (unpaired) electrons. The standard InChI is InChI=1S/C19H17FN2O/c1-13-11-17(16-5-3-4-6-18(16)21-13)19(23)22(2)12-14-7-9-15(20)10-8-14/h3-11H,12H2,1-2H3. The maximum absolute atomic E-state index is 13.0. The van der Waals surface area contributed by atoms with Crippen molar-refractivity contribution >= 4 is 16.8 Å². The molecule has 0 aliphatic heterocycles. The van der Waals surface area contributed by atoms with Crippen molar-refractivity contribution in [1.29, 1.82) is 0 Å². The summed E-state index contributed by atoms with van der Waals surface area (Å²) in [6.07, 6.45) is 0. The van der Waals surface area contributed by atoms with Crippen LogP contribution in [0.25, 0.3) is 10.9 Å². The molecule has 3 nitrogen and oxygen atoms in total. The Morgan fingerprint density at radius 2 is 1.83 bits per heavy atom. The summed E-state index contributed by atoms with van der Waals surface area (Å²) in [5.41, 5.74) is 3.14. The van der Waals surface area contributed by atoms with E-state index < -0.39 is 0 Å². The number of aryl methyl sites for hydroxylation is 1. The van der Waals surface area contributed by atoms with E-state index in [2.05, 4.69) is 4.98 Å². The van der Waals surface area contributed by atoms with Crippen LogP contribution in [0.2, 0.25) is 0 Å². The first-order chi connectivity index (χ1) is 11.0. The van der Waals surface area contributed by atoms with Gasteiger partial charge in [-0.15, -0.1) is 0 Å². The minimum absolute atomic E-state index is 0.0731. The summed E-state index contributed by atoms with van der Waals surface area (Å²) >= 11 is 0. The number of amides is 1. The molecule has 23 heavy (non-hydrogen) atoms. The number of benzene rings is 2. The quantitative estimate of drug-likeness (QED) is 0.734. The van der Waals surface area contributed by atoms with Crippen molar-refractivity contribution in [2.45, 2.75) is 13.5 Å². The third kappa shape index (κ3) is 3.21. The number of nitrogens with zero attached hydrogens (tertiary/aromatic N) is 2. The Hall–Kier alpha value is -2.75. The number of hydrogen-bond acceptors (Lipinski definition) is 2. The molecule has 0 saturated carbocycles. The molecular formula is C19H17FN2O. The van der Waals surface area contributed by atoms with Gasteiger partial charge < -0.3 is 4.90 Å². The lowest BCUT2D eigenvalue weighted by Gasteiger charge is -2.18. The highest BCUT2D eigenvalue weighted by molar-refractivity contribution is 6.06. The number of hydrogen-bond donors (Lipinski definition) is 0. The van der Waals surface area contributed by atoms with E-state index in [0.29, 0.717) is 12.1 Å². The molecule has 0 N–H and O–H groups in total. The summed E-state index contributed by atoms with van der Waals surface area (Å²) < 4.78 is 13.0. The third-order valence-corrected chi connectivity index (χ3v) is 3.75. The number of fused-ring (bicyclic) bond motifs is 1. The second-order valence-corrected chi connectivity index (χ2v) is 5.62. The molecule has 0 aliphatic carbocycles. The lowest BCUT2D eigenvalue weighted by molar-refractivity contribution is 0.0787. The van der Waals surface area contributed by atoms with Crippen LogP contribution in [0.1, 0.15) is 21.6 Å².